The molecule has 0 aliphatic rings. The zero-order valence-corrected chi connectivity index (χ0v) is 16.6. The highest BCUT2D eigenvalue weighted by Gasteiger charge is 2.20. The number of carbonyl (C=O) groups is 3. The van der Waals surface area contributed by atoms with Crippen molar-refractivity contribution in [2.45, 2.75) is 0 Å². The third-order valence-corrected chi connectivity index (χ3v) is 4.65. The van der Waals surface area contributed by atoms with Crippen LogP contribution in [0.1, 0.15) is 36.6 Å². The fourth-order valence-corrected chi connectivity index (χ4v) is 3.09. The van der Waals surface area contributed by atoms with Crippen molar-refractivity contribution in [1.29, 1.82) is 5.41 Å². The molecule has 0 spiro atoms. The number of hydrogen-bond acceptors (Lipinski definition) is 4. The van der Waals surface area contributed by atoms with Gasteiger partial charge in [-0.1, -0.05) is 24.3 Å². The van der Waals surface area contributed by atoms with Crippen LogP contribution in [0, 0.1) is 5.41 Å². The lowest BCUT2D eigenvalue weighted by Gasteiger charge is -2.14. The number of rotatable bonds is 6. The SMILES string of the molecule is CNC(=O)c1ccc(-c2ccccc2C(=O)O)c(C(=O)Nc2ccc(C(=N)N)cc2)c1. The van der Waals surface area contributed by atoms with Crippen molar-refractivity contribution in [3.8, 4) is 11.1 Å². The number of nitrogen functional groups attached to an aromatic ring is 1. The van der Waals surface area contributed by atoms with Crippen molar-refractivity contribution in [3.63, 3.8) is 0 Å². The second kappa shape index (κ2) is 8.91. The lowest BCUT2D eigenvalue weighted by atomic mass is 9.93. The predicted octanol–water partition coefficient (Wildman–Crippen LogP) is 2.95. The first-order valence-corrected chi connectivity index (χ1v) is 9.26. The van der Waals surface area contributed by atoms with Gasteiger partial charge in [-0.05, 0) is 53.6 Å². The van der Waals surface area contributed by atoms with E-state index in [0.29, 0.717) is 22.4 Å². The van der Waals surface area contributed by atoms with Crippen LogP contribution >= 0.6 is 0 Å². The average Bonchev–Trinajstić information content (AvgIpc) is 2.78. The first-order valence-electron chi connectivity index (χ1n) is 9.26. The predicted molar refractivity (Wildman–Crippen MR) is 118 cm³/mol. The van der Waals surface area contributed by atoms with Gasteiger partial charge >= 0.3 is 5.97 Å². The summed E-state index contributed by atoms with van der Waals surface area (Å²) in [4.78, 5) is 36.9. The van der Waals surface area contributed by atoms with Crippen LogP contribution in [-0.2, 0) is 0 Å². The zero-order valence-electron chi connectivity index (χ0n) is 16.6. The molecule has 2 amide bonds. The van der Waals surface area contributed by atoms with E-state index in [2.05, 4.69) is 10.6 Å². The summed E-state index contributed by atoms with van der Waals surface area (Å²) in [6, 6.07) is 17.2. The largest absolute Gasteiger partial charge is 0.478 e. The molecule has 6 N–H and O–H groups in total. The van der Waals surface area contributed by atoms with Gasteiger partial charge in [0.15, 0.2) is 0 Å². The minimum absolute atomic E-state index is 0.0371. The maximum Gasteiger partial charge on any atom is 0.336 e. The normalized spacial score (nSPS) is 10.2. The third kappa shape index (κ3) is 4.59. The van der Waals surface area contributed by atoms with Gasteiger partial charge in [0, 0.05) is 29.4 Å². The Morgan fingerprint density at radius 1 is 0.839 bits per heavy atom. The number of hydrogen-bond donors (Lipinski definition) is 5. The number of anilines is 1. The molecule has 3 rings (SSSR count). The summed E-state index contributed by atoms with van der Waals surface area (Å²) in [6.45, 7) is 0. The van der Waals surface area contributed by atoms with Gasteiger partial charge in [-0.15, -0.1) is 0 Å². The molecule has 0 atom stereocenters. The number of carboxylic acid groups (broad SMARTS) is 1. The Balaban J connectivity index is 2.08. The number of aromatic carboxylic acids is 1. The van der Waals surface area contributed by atoms with Crippen LogP contribution in [0.15, 0.2) is 66.7 Å². The Kier molecular flexibility index (Phi) is 6.11. The molecule has 0 saturated heterocycles. The summed E-state index contributed by atoms with van der Waals surface area (Å²) < 4.78 is 0. The Hall–Kier alpha value is -4.46. The quantitative estimate of drug-likeness (QED) is 0.310. The fraction of sp³-hybridized carbons (Fsp3) is 0.0435. The number of amides is 2. The summed E-state index contributed by atoms with van der Waals surface area (Å²) in [7, 11) is 1.48. The molecule has 31 heavy (non-hydrogen) atoms. The molecule has 0 aromatic heterocycles. The minimum Gasteiger partial charge on any atom is -0.478 e. The van der Waals surface area contributed by atoms with E-state index < -0.39 is 11.9 Å². The van der Waals surface area contributed by atoms with Crippen LogP contribution in [0.4, 0.5) is 5.69 Å². The van der Waals surface area contributed by atoms with Gasteiger partial charge in [0.25, 0.3) is 11.8 Å². The van der Waals surface area contributed by atoms with E-state index in [9.17, 15) is 19.5 Å². The minimum atomic E-state index is -1.13. The molecule has 156 valence electrons. The van der Waals surface area contributed by atoms with Crippen LogP contribution in [0.5, 0.6) is 0 Å². The summed E-state index contributed by atoms with van der Waals surface area (Å²) in [5.41, 5.74) is 7.59. The lowest BCUT2D eigenvalue weighted by Crippen LogP contribution is -2.20. The van der Waals surface area contributed by atoms with E-state index in [1.807, 2.05) is 0 Å². The lowest BCUT2D eigenvalue weighted by molar-refractivity contribution is 0.0697. The Bertz CT molecular complexity index is 1190. The number of amidine groups is 1. The topological polar surface area (TPSA) is 145 Å². The summed E-state index contributed by atoms with van der Waals surface area (Å²) in [6.07, 6.45) is 0. The molecule has 3 aromatic carbocycles. The number of nitrogens with two attached hydrogens (primary N) is 1. The molecule has 8 nitrogen and oxygen atoms in total. The summed E-state index contributed by atoms with van der Waals surface area (Å²) in [5.74, 6) is -2.12. The van der Waals surface area contributed by atoms with Crippen LogP contribution in [0.2, 0.25) is 0 Å². The average molecular weight is 416 g/mol. The Morgan fingerprint density at radius 2 is 1.45 bits per heavy atom. The Labute approximate surface area is 178 Å². The smallest absolute Gasteiger partial charge is 0.336 e. The van der Waals surface area contributed by atoms with Crippen LogP contribution in [0.25, 0.3) is 11.1 Å². The molecule has 0 bridgehead atoms. The van der Waals surface area contributed by atoms with Gasteiger partial charge in [-0.3, -0.25) is 15.0 Å². The van der Waals surface area contributed by atoms with Gasteiger partial charge in [0.2, 0.25) is 0 Å². The van der Waals surface area contributed by atoms with Crippen molar-refractivity contribution >= 4 is 29.3 Å². The van der Waals surface area contributed by atoms with Crippen molar-refractivity contribution in [1.82, 2.24) is 5.32 Å². The summed E-state index contributed by atoms with van der Waals surface area (Å²) in [5, 5.41) is 22.2. The first kappa shape index (κ1) is 21.3. The highest BCUT2D eigenvalue weighted by molar-refractivity contribution is 6.12. The van der Waals surface area contributed by atoms with Crippen molar-refractivity contribution in [2.24, 2.45) is 5.73 Å². The van der Waals surface area contributed by atoms with E-state index >= 15 is 0 Å². The van der Waals surface area contributed by atoms with Crippen molar-refractivity contribution in [3.05, 3.63) is 89.0 Å². The van der Waals surface area contributed by atoms with Crippen LogP contribution < -0.4 is 16.4 Å². The van der Waals surface area contributed by atoms with Gasteiger partial charge in [-0.25, -0.2) is 4.79 Å². The second-order valence-electron chi connectivity index (χ2n) is 6.64. The molecular formula is C23H20N4O4. The summed E-state index contributed by atoms with van der Waals surface area (Å²) >= 11 is 0. The van der Waals surface area contributed by atoms with E-state index in [1.54, 1.807) is 48.5 Å². The van der Waals surface area contributed by atoms with E-state index in [1.165, 1.54) is 25.2 Å². The Morgan fingerprint density at radius 3 is 2.06 bits per heavy atom. The van der Waals surface area contributed by atoms with E-state index in [4.69, 9.17) is 11.1 Å². The monoisotopic (exact) mass is 416 g/mol. The molecule has 0 heterocycles. The molecule has 0 fully saturated rings. The van der Waals surface area contributed by atoms with Gasteiger partial charge in [-0.2, -0.15) is 0 Å². The number of carboxylic acids is 1. The molecule has 3 aromatic rings. The van der Waals surface area contributed by atoms with Gasteiger partial charge < -0.3 is 21.5 Å². The van der Waals surface area contributed by atoms with E-state index in [-0.39, 0.29) is 28.4 Å². The van der Waals surface area contributed by atoms with Crippen LogP contribution in [0.3, 0.4) is 0 Å². The maximum absolute atomic E-state index is 13.1. The highest BCUT2D eigenvalue weighted by atomic mass is 16.4. The fourth-order valence-electron chi connectivity index (χ4n) is 3.09. The first-order chi connectivity index (χ1) is 14.8. The van der Waals surface area contributed by atoms with E-state index in [0.717, 1.165) is 0 Å². The molecular weight excluding hydrogens is 396 g/mol. The van der Waals surface area contributed by atoms with Gasteiger partial charge in [0.1, 0.15) is 5.84 Å². The molecule has 0 unspecified atom stereocenters. The molecule has 0 aliphatic carbocycles. The standard InChI is InChI=1S/C23H20N4O4/c1-26-21(28)14-8-11-17(16-4-2-3-5-18(16)23(30)31)19(12-14)22(29)27-15-9-6-13(7-10-15)20(24)25/h2-12H,1H3,(H3,24,25)(H,26,28)(H,27,29)(H,30,31). The van der Waals surface area contributed by atoms with Crippen molar-refractivity contribution in [2.75, 3.05) is 12.4 Å². The molecule has 0 radical (unpaired) electrons. The van der Waals surface area contributed by atoms with Gasteiger partial charge in [0.05, 0.1) is 5.56 Å². The second-order valence-corrected chi connectivity index (χ2v) is 6.64. The highest BCUT2D eigenvalue weighted by Crippen LogP contribution is 2.29. The number of benzene rings is 3. The molecule has 0 aliphatic heterocycles. The molecule has 0 saturated carbocycles. The third-order valence-electron chi connectivity index (χ3n) is 4.65. The van der Waals surface area contributed by atoms with Crippen LogP contribution in [-0.4, -0.2) is 35.8 Å². The number of carbonyl (C=O) groups excluding carboxylic acids is 2. The molecule has 8 heteroatoms. The zero-order chi connectivity index (χ0) is 22.5. The number of nitrogens with one attached hydrogen (secondary N) is 3. The maximum atomic E-state index is 13.1. The van der Waals surface area contributed by atoms with Crippen molar-refractivity contribution < 1.29 is 19.5 Å².